The predicted octanol–water partition coefficient (Wildman–Crippen LogP) is 8.37. The van der Waals surface area contributed by atoms with Crippen LogP contribution in [0.4, 0.5) is 22.7 Å². The maximum atomic E-state index is 6.95. The van der Waals surface area contributed by atoms with E-state index in [4.69, 9.17) is 22.9 Å². The van der Waals surface area contributed by atoms with Crippen LogP contribution in [0.15, 0.2) is 152 Å². The van der Waals surface area contributed by atoms with Gasteiger partial charge in [0.25, 0.3) is 0 Å². The quantitative estimate of drug-likeness (QED) is 0.0888. The van der Waals surface area contributed by atoms with Crippen LogP contribution in [0.5, 0.6) is 0 Å². The fraction of sp³-hybridized carbons (Fsp3) is 0.0526. The summed E-state index contributed by atoms with van der Waals surface area (Å²) in [7, 11) is 0. The van der Waals surface area contributed by atoms with Crippen LogP contribution in [-0.4, -0.2) is 0 Å². The third-order valence-corrected chi connectivity index (χ3v) is 7.69. The molecule has 0 bridgehead atoms. The molecule has 0 saturated carbocycles. The summed E-state index contributed by atoms with van der Waals surface area (Å²) in [6.45, 7) is 6.08. The van der Waals surface area contributed by atoms with Crippen LogP contribution in [-0.2, 0) is 5.41 Å². The van der Waals surface area contributed by atoms with Crippen molar-refractivity contribution in [2.24, 2.45) is 0 Å². The maximum absolute atomic E-state index is 6.95. The van der Waals surface area contributed by atoms with Gasteiger partial charge in [-0.05, 0) is 100.0 Å². The summed E-state index contributed by atoms with van der Waals surface area (Å²) in [5.41, 5.74) is 35.7. The molecule has 0 fully saturated rings. The zero-order valence-electron chi connectivity index (χ0n) is 23.8. The van der Waals surface area contributed by atoms with Crippen LogP contribution in [0.1, 0.15) is 23.6 Å². The van der Waals surface area contributed by atoms with Gasteiger partial charge in [0, 0.05) is 22.7 Å². The minimum Gasteiger partial charge on any atom is -0.399 e. The average molecular weight is 549 g/mol. The molecule has 42 heavy (non-hydrogen) atoms. The fourth-order valence-electron chi connectivity index (χ4n) is 5.71. The van der Waals surface area contributed by atoms with Crippen molar-refractivity contribution in [3.63, 3.8) is 0 Å². The van der Waals surface area contributed by atoms with Crippen molar-refractivity contribution in [1.29, 1.82) is 0 Å². The summed E-state index contributed by atoms with van der Waals surface area (Å²) in [6, 6.07) is 38.5. The molecule has 8 N–H and O–H groups in total. The highest BCUT2D eigenvalue weighted by Crippen LogP contribution is 2.51. The van der Waals surface area contributed by atoms with Crippen LogP contribution < -0.4 is 22.9 Å². The van der Waals surface area contributed by atoms with Gasteiger partial charge < -0.3 is 22.9 Å². The average Bonchev–Trinajstić information content (AvgIpc) is 3.01. The number of nitrogens with two attached hydrogens (primary N) is 4. The van der Waals surface area contributed by atoms with Crippen molar-refractivity contribution in [1.82, 2.24) is 0 Å². The second-order valence-electron chi connectivity index (χ2n) is 10.3. The third-order valence-electron chi connectivity index (χ3n) is 7.69. The molecule has 0 heterocycles. The Kier molecular flexibility index (Phi) is 7.98. The zero-order valence-corrected chi connectivity index (χ0v) is 23.8. The molecular formula is C38H36N4. The first-order chi connectivity index (χ1) is 20.4. The monoisotopic (exact) mass is 548 g/mol. The van der Waals surface area contributed by atoms with E-state index >= 15 is 0 Å². The van der Waals surface area contributed by atoms with E-state index < -0.39 is 5.41 Å². The van der Waals surface area contributed by atoms with Crippen LogP contribution in [0.2, 0.25) is 0 Å². The molecule has 5 aromatic carbocycles. The minimum atomic E-state index is -0.885. The summed E-state index contributed by atoms with van der Waals surface area (Å²) in [4.78, 5) is 0. The zero-order chi connectivity index (χ0) is 29.7. The Morgan fingerprint density at radius 1 is 0.595 bits per heavy atom. The normalized spacial score (nSPS) is 12.0. The number of allylic oxidation sites excluding steroid dienone is 5. The van der Waals surface area contributed by atoms with Crippen LogP contribution in [0.25, 0.3) is 22.3 Å². The number of hydrogen-bond acceptors (Lipinski definition) is 4. The van der Waals surface area contributed by atoms with Crippen molar-refractivity contribution in [2.75, 3.05) is 22.9 Å². The van der Waals surface area contributed by atoms with Gasteiger partial charge in [0.2, 0.25) is 0 Å². The van der Waals surface area contributed by atoms with Gasteiger partial charge in [-0.3, -0.25) is 0 Å². The molecule has 0 unspecified atom stereocenters. The lowest BCUT2D eigenvalue weighted by Crippen LogP contribution is -2.33. The third kappa shape index (κ3) is 5.18. The molecule has 5 rings (SSSR count). The van der Waals surface area contributed by atoms with Crippen LogP contribution in [0, 0.1) is 0 Å². The van der Waals surface area contributed by atoms with Crippen molar-refractivity contribution in [2.45, 2.75) is 12.3 Å². The lowest BCUT2D eigenvalue weighted by atomic mass is 9.63. The molecule has 0 aliphatic rings. The summed E-state index contributed by atoms with van der Waals surface area (Å²) in [6.07, 6.45) is 8.00. The van der Waals surface area contributed by atoms with Gasteiger partial charge in [0.1, 0.15) is 0 Å². The molecule has 0 aliphatic carbocycles. The smallest absolute Gasteiger partial charge is 0.0741 e. The van der Waals surface area contributed by atoms with Crippen LogP contribution in [0.3, 0.4) is 0 Å². The first-order valence-electron chi connectivity index (χ1n) is 13.9. The van der Waals surface area contributed by atoms with Gasteiger partial charge in [0.15, 0.2) is 0 Å². The van der Waals surface area contributed by atoms with Crippen LogP contribution >= 0.6 is 0 Å². The number of nitrogen functional groups attached to an aromatic ring is 4. The van der Waals surface area contributed by atoms with E-state index in [1.165, 1.54) is 0 Å². The van der Waals surface area contributed by atoms with Gasteiger partial charge >= 0.3 is 0 Å². The molecular weight excluding hydrogens is 512 g/mol. The van der Waals surface area contributed by atoms with Gasteiger partial charge in [0.05, 0.1) is 5.41 Å². The van der Waals surface area contributed by atoms with E-state index in [0.717, 1.165) is 44.5 Å². The second-order valence-corrected chi connectivity index (χ2v) is 10.3. The van der Waals surface area contributed by atoms with E-state index in [-0.39, 0.29) is 0 Å². The minimum absolute atomic E-state index is 0.648. The van der Waals surface area contributed by atoms with Crippen molar-refractivity contribution >= 4 is 22.7 Å². The predicted molar refractivity (Wildman–Crippen MR) is 181 cm³/mol. The highest BCUT2D eigenvalue weighted by atomic mass is 14.6. The van der Waals surface area contributed by atoms with E-state index in [1.54, 1.807) is 0 Å². The molecule has 0 radical (unpaired) electrons. The number of benzene rings is 5. The lowest BCUT2D eigenvalue weighted by molar-refractivity contribution is 0.749. The summed E-state index contributed by atoms with van der Waals surface area (Å²) < 4.78 is 0. The number of anilines is 4. The Morgan fingerprint density at radius 2 is 1.05 bits per heavy atom. The fourth-order valence-corrected chi connectivity index (χ4v) is 5.71. The van der Waals surface area contributed by atoms with Crippen molar-refractivity contribution < 1.29 is 0 Å². The SMILES string of the molecule is C=C/C=C(\C=C/C)C(c1ccccc1)(c1cc(-c2ccc(N)cc2)ccc1N)c1cc(-c2ccc(N)cc2)ccc1N. The Hall–Kier alpha value is -5.48. The second kappa shape index (κ2) is 11.9. The van der Waals surface area contributed by atoms with E-state index in [0.29, 0.717) is 22.7 Å². The van der Waals surface area contributed by atoms with Gasteiger partial charge in [-0.25, -0.2) is 0 Å². The molecule has 0 amide bonds. The highest BCUT2D eigenvalue weighted by Gasteiger charge is 2.42. The van der Waals surface area contributed by atoms with E-state index in [9.17, 15) is 0 Å². The molecule has 0 saturated heterocycles. The highest BCUT2D eigenvalue weighted by molar-refractivity contribution is 5.79. The van der Waals surface area contributed by atoms with E-state index in [2.05, 4.69) is 36.9 Å². The van der Waals surface area contributed by atoms with E-state index in [1.807, 2.05) is 116 Å². The summed E-state index contributed by atoms with van der Waals surface area (Å²) >= 11 is 0. The molecule has 4 nitrogen and oxygen atoms in total. The molecule has 4 heteroatoms. The Labute approximate surface area is 248 Å². The molecule has 0 aliphatic heterocycles. The first-order valence-corrected chi connectivity index (χ1v) is 13.9. The largest absolute Gasteiger partial charge is 0.399 e. The topological polar surface area (TPSA) is 104 Å². The molecule has 0 spiro atoms. The standard InChI is InChI=1S/C38H36N4/c1-3-8-30(9-4-2)38(31-10-6-5-7-11-31,34-24-28(16-22-36(34)41)26-12-18-32(39)19-13-26)35-25-29(17-23-37(35)42)27-14-20-33(40)21-15-27/h3-25H,1,39-42H2,2H3/b9-4-,30-8+. The summed E-state index contributed by atoms with van der Waals surface area (Å²) in [5.74, 6) is 0. The first kappa shape index (κ1) is 28.1. The number of hydrogen-bond donors (Lipinski definition) is 4. The molecule has 0 aromatic heterocycles. The van der Waals surface area contributed by atoms with Gasteiger partial charge in [-0.15, -0.1) is 0 Å². The maximum Gasteiger partial charge on any atom is 0.0741 e. The molecule has 5 aromatic rings. The Balaban J connectivity index is 1.93. The van der Waals surface area contributed by atoms with Gasteiger partial charge in [-0.2, -0.15) is 0 Å². The Bertz CT molecular complexity index is 1670. The summed E-state index contributed by atoms with van der Waals surface area (Å²) in [5, 5.41) is 0. The Morgan fingerprint density at radius 3 is 1.48 bits per heavy atom. The molecule has 208 valence electrons. The van der Waals surface area contributed by atoms with Crippen molar-refractivity contribution in [3.05, 3.63) is 168 Å². The molecule has 0 atom stereocenters. The number of rotatable bonds is 8. The van der Waals surface area contributed by atoms with Gasteiger partial charge in [-0.1, -0.05) is 97.6 Å². The lowest BCUT2D eigenvalue weighted by Gasteiger charge is -2.39. The van der Waals surface area contributed by atoms with Crippen molar-refractivity contribution in [3.8, 4) is 22.3 Å².